The number of methoxy groups -OCH3 is 2. The Morgan fingerprint density at radius 1 is 1.29 bits per heavy atom. The van der Waals surface area contributed by atoms with E-state index in [1.165, 1.54) is 0 Å². The van der Waals surface area contributed by atoms with E-state index in [1.807, 2.05) is 0 Å². The van der Waals surface area contributed by atoms with Crippen molar-refractivity contribution >= 4 is 28.6 Å². The molecule has 0 spiro atoms. The van der Waals surface area contributed by atoms with Crippen molar-refractivity contribution < 1.29 is 40.9 Å². The van der Waals surface area contributed by atoms with Crippen LogP contribution in [0, 0.1) is 0 Å². The molecular formula is C19H25N5O4. The lowest BCUT2D eigenvalue weighted by Gasteiger charge is -2.35. The Balaban J connectivity index is 1.74. The fourth-order valence-electron chi connectivity index (χ4n) is 2.62. The molecule has 0 saturated carbocycles. The highest BCUT2D eigenvalue weighted by atomic mass is 16.5. The Morgan fingerprint density at radius 2 is 2.04 bits per heavy atom. The van der Waals surface area contributed by atoms with Gasteiger partial charge in [-0.1, -0.05) is 0 Å². The van der Waals surface area contributed by atoms with E-state index in [0.29, 0.717) is 9.80 Å². The van der Waals surface area contributed by atoms with E-state index >= 15 is 0 Å². The standard InChI is InChI=1S/C19H25N5O4/c1-26-15-10-12-13(11-16(15)27-2)21-19(22-17(12)20)24-7-5-23(6-8-24)18(25)14-4-3-9-28-14/h10-11,14H,3-9H2,1-2H3,(H2,20,21,22)/i1D3,2D3,3D2,4D2,7D2,8D2,9D2. The molecule has 9 nitrogen and oxygen atoms in total. The minimum absolute atomic E-state index is 0.0926. The number of nitrogen functional groups attached to an aromatic ring is 1. The van der Waals surface area contributed by atoms with Gasteiger partial charge in [0.25, 0.3) is 5.91 Å². The SMILES string of the molecule is [2H]C([2H])([2H])Oc1cc2nc(N3C([2H])([2H])CN(C(=O)C4OC([2H])([2H])C([2H])([2H])C4([2H])[2H])CC3([2H])[2H])nc(N)c2cc1OC([2H])([2H])[2H]. The lowest BCUT2D eigenvalue weighted by Crippen LogP contribution is -2.51. The number of hydrogen-bond donors (Lipinski definition) is 1. The van der Waals surface area contributed by atoms with Crippen molar-refractivity contribution in [1.82, 2.24) is 14.9 Å². The third-order valence-electron chi connectivity index (χ3n) is 4.01. The highest BCUT2D eigenvalue weighted by molar-refractivity contribution is 5.91. The van der Waals surface area contributed by atoms with Crippen LogP contribution >= 0.6 is 0 Å². The first kappa shape index (κ1) is 7.55. The molecule has 1 aromatic carbocycles. The number of carbonyl (C=O) groups is 1. The van der Waals surface area contributed by atoms with Crippen LogP contribution in [0.15, 0.2) is 12.1 Å². The van der Waals surface area contributed by atoms with Crippen LogP contribution in [0.3, 0.4) is 0 Å². The second-order valence-corrected chi connectivity index (χ2v) is 5.64. The average molecular weight is 404 g/mol. The Labute approximate surface area is 185 Å². The van der Waals surface area contributed by atoms with Crippen LogP contribution in [0.1, 0.15) is 34.7 Å². The normalized spacial score (nSPS) is 38.2. The van der Waals surface area contributed by atoms with Gasteiger partial charge in [-0.25, -0.2) is 4.98 Å². The van der Waals surface area contributed by atoms with Gasteiger partial charge in [0, 0.05) is 49.6 Å². The first-order valence-corrected chi connectivity index (χ1v) is 7.86. The van der Waals surface area contributed by atoms with E-state index in [2.05, 4.69) is 9.97 Å². The molecule has 150 valence electrons. The van der Waals surface area contributed by atoms with Gasteiger partial charge in [-0.3, -0.25) is 4.79 Å². The maximum atomic E-state index is 13.2. The molecule has 2 saturated heterocycles. The second-order valence-electron chi connectivity index (χ2n) is 5.64. The minimum atomic E-state index is -3.28. The fraction of sp³-hybridized carbons (Fsp3) is 0.526. The zero-order valence-electron chi connectivity index (χ0n) is 30.1. The van der Waals surface area contributed by atoms with Crippen molar-refractivity contribution in [2.75, 3.05) is 57.4 Å². The molecule has 1 unspecified atom stereocenters. The number of anilines is 2. The number of ether oxygens (including phenoxy) is 3. The summed E-state index contributed by atoms with van der Waals surface area (Å²) in [5.74, 6) is -3.67. The van der Waals surface area contributed by atoms with Gasteiger partial charge < -0.3 is 29.7 Å². The summed E-state index contributed by atoms with van der Waals surface area (Å²) in [6.07, 6.45) is -8.87. The molecule has 2 aromatic rings. The first-order chi connectivity index (χ1) is 19.6. The monoisotopic (exact) mass is 403 g/mol. The van der Waals surface area contributed by atoms with Gasteiger partial charge in [0.05, 0.1) is 36.0 Å². The molecular weight excluding hydrogens is 362 g/mol. The Kier molecular flexibility index (Phi) is 2.07. The maximum Gasteiger partial charge on any atom is 0.251 e. The molecule has 2 aliphatic heterocycles. The number of fused-ring (bicyclic) bond motifs is 1. The number of rotatable bonds is 4. The second kappa shape index (κ2) is 7.67. The number of aromatic nitrogens is 2. The predicted octanol–water partition coefficient (Wildman–Crippen LogP) is 1.06. The molecule has 0 aliphatic carbocycles. The predicted molar refractivity (Wildman–Crippen MR) is 105 cm³/mol. The van der Waals surface area contributed by atoms with Gasteiger partial charge in [-0.05, 0) is 18.8 Å². The molecule has 2 N–H and O–H groups in total. The van der Waals surface area contributed by atoms with Crippen LogP contribution in [0.2, 0.25) is 0 Å². The molecule has 2 fully saturated rings. The van der Waals surface area contributed by atoms with Crippen LogP contribution < -0.4 is 20.1 Å². The van der Waals surface area contributed by atoms with Gasteiger partial charge in [0.2, 0.25) is 5.95 Å². The van der Waals surface area contributed by atoms with Crippen molar-refractivity contribution in [2.24, 2.45) is 0 Å². The smallest absolute Gasteiger partial charge is 0.251 e. The van der Waals surface area contributed by atoms with Crippen molar-refractivity contribution in [3.63, 3.8) is 0 Å². The van der Waals surface area contributed by atoms with Gasteiger partial charge in [-0.15, -0.1) is 0 Å². The van der Waals surface area contributed by atoms with Crippen molar-refractivity contribution in [1.29, 1.82) is 0 Å². The van der Waals surface area contributed by atoms with Crippen LogP contribution in [0.5, 0.6) is 11.5 Å². The summed E-state index contributed by atoms with van der Waals surface area (Å²) >= 11 is 0. The Morgan fingerprint density at radius 3 is 2.71 bits per heavy atom. The number of piperazine rings is 1. The zero-order chi connectivity index (χ0) is 33.6. The summed E-state index contributed by atoms with van der Waals surface area (Å²) in [7, 11) is -6.11. The highest BCUT2D eigenvalue weighted by Gasteiger charge is 2.31. The summed E-state index contributed by atoms with van der Waals surface area (Å²) in [5.41, 5.74) is 5.80. The van der Waals surface area contributed by atoms with Gasteiger partial charge >= 0.3 is 0 Å². The number of benzene rings is 1. The molecule has 1 aromatic heterocycles. The topological polar surface area (TPSA) is 103 Å². The molecule has 0 bridgehead atoms. The summed E-state index contributed by atoms with van der Waals surface area (Å²) < 4.78 is 140. The van der Waals surface area contributed by atoms with E-state index in [0.717, 1.165) is 12.1 Å². The summed E-state index contributed by atoms with van der Waals surface area (Å²) in [4.78, 5) is 22.2. The molecule has 1 atom stereocenters. The van der Waals surface area contributed by atoms with E-state index in [9.17, 15) is 4.79 Å². The molecule has 1 amide bonds. The van der Waals surface area contributed by atoms with E-state index in [1.54, 1.807) is 0 Å². The molecule has 4 rings (SSSR count). The molecule has 0 radical (unpaired) electrons. The third-order valence-corrected chi connectivity index (χ3v) is 4.01. The van der Waals surface area contributed by atoms with E-state index in [-0.39, 0.29) is 10.9 Å². The zero-order valence-corrected chi connectivity index (χ0v) is 14.1. The highest BCUT2D eigenvalue weighted by Crippen LogP contribution is 2.34. The van der Waals surface area contributed by atoms with Crippen molar-refractivity contribution in [2.45, 2.75) is 18.8 Å². The average Bonchev–Trinajstić information content (AvgIpc) is 2.91. The van der Waals surface area contributed by atoms with Crippen LogP contribution in [0.4, 0.5) is 11.8 Å². The summed E-state index contributed by atoms with van der Waals surface area (Å²) in [5, 5.41) is -0.0926. The molecule has 9 heteroatoms. The van der Waals surface area contributed by atoms with Crippen LogP contribution in [-0.4, -0.2) is 73.6 Å². The van der Waals surface area contributed by atoms with Crippen molar-refractivity contribution in [3.8, 4) is 11.5 Å². The van der Waals surface area contributed by atoms with Gasteiger partial charge in [0.15, 0.2) is 11.5 Å². The van der Waals surface area contributed by atoms with Crippen LogP contribution in [0.25, 0.3) is 10.9 Å². The Bertz CT molecular complexity index is 1460. The number of nitrogens with two attached hydrogens (primary N) is 1. The number of hydrogen-bond acceptors (Lipinski definition) is 8. The number of amides is 1. The maximum absolute atomic E-state index is 13.2. The van der Waals surface area contributed by atoms with Gasteiger partial charge in [0.1, 0.15) is 11.9 Å². The largest absolute Gasteiger partial charge is 0.493 e. The van der Waals surface area contributed by atoms with Crippen molar-refractivity contribution in [3.05, 3.63) is 12.1 Å². The molecule has 3 heterocycles. The van der Waals surface area contributed by atoms with E-state index in [4.69, 9.17) is 41.9 Å². The quantitative estimate of drug-likeness (QED) is 0.808. The fourth-order valence-corrected chi connectivity index (χ4v) is 2.62. The van der Waals surface area contributed by atoms with Gasteiger partial charge in [-0.2, -0.15) is 4.98 Å². The van der Waals surface area contributed by atoms with Crippen LogP contribution in [-0.2, 0) is 9.53 Å². The molecule has 2 aliphatic rings. The summed E-state index contributed by atoms with van der Waals surface area (Å²) in [6, 6.07) is 1.91. The molecule has 28 heavy (non-hydrogen) atoms. The number of nitrogens with zero attached hydrogens (tertiary/aromatic N) is 4. The lowest BCUT2D eigenvalue weighted by molar-refractivity contribution is -0.141. The summed E-state index contributed by atoms with van der Waals surface area (Å²) in [6.45, 7) is -10.9. The number of carbonyl (C=O) groups excluding carboxylic acids is 1. The first-order valence-electron chi connectivity index (χ1n) is 15.9. The Hall–Kier alpha value is -2.81. The van der Waals surface area contributed by atoms with E-state index < -0.39 is 94.7 Å². The third kappa shape index (κ3) is 3.37. The lowest BCUT2D eigenvalue weighted by atomic mass is 10.2. The minimum Gasteiger partial charge on any atom is -0.493 e.